The van der Waals surface area contributed by atoms with Crippen LogP contribution in [-0.2, 0) is 4.57 Å². The third-order valence-corrected chi connectivity index (χ3v) is 5.16. The fourth-order valence-corrected chi connectivity index (χ4v) is 4.06. The Kier molecular flexibility index (Phi) is 4.11. The maximum absolute atomic E-state index is 11.7. The van der Waals surface area contributed by atoms with Crippen molar-refractivity contribution in [3.05, 3.63) is 51.7 Å². The van der Waals surface area contributed by atoms with E-state index in [1.165, 1.54) is 11.3 Å². The Labute approximate surface area is 116 Å². The molecule has 0 aliphatic carbocycles. The quantitative estimate of drug-likeness (QED) is 0.753. The monoisotopic (exact) mass is 297 g/mol. The van der Waals surface area contributed by atoms with Crippen molar-refractivity contribution in [2.75, 3.05) is 5.32 Å². The topological polar surface area (TPSA) is 69.6 Å². The molecule has 4 nitrogen and oxygen atoms in total. The molecule has 1 atom stereocenters. The van der Waals surface area contributed by atoms with Crippen molar-refractivity contribution in [2.24, 2.45) is 0 Å². The molecule has 6 heteroatoms. The Morgan fingerprint density at radius 1 is 1.16 bits per heavy atom. The number of aryl methyl sites for hydroxylation is 2. The van der Waals surface area contributed by atoms with Gasteiger partial charge < -0.3 is 15.1 Å². The van der Waals surface area contributed by atoms with E-state index in [-0.39, 0.29) is 0 Å². The van der Waals surface area contributed by atoms with Gasteiger partial charge in [-0.3, -0.25) is 4.57 Å². The van der Waals surface area contributed by atoms with Gasteiger partial charge in [0, 0.05) is 10.6 Å². The van der Waals surface area contributed by atoms with E-state index in [0.717, 1.165) is 11.1 Å². The van der Waals surface area contributed by atoms with Gasteiger partial charge >= 0.3 is 7.60 Å². The van der Waals surface area contributed by atoms with Crippen LogP contribution in [0, 0.1) is 13.8 Å². The molecule has 1 aromatic heterocycles. The molecule has 2 rings (SSSR count). The molecule has 3 N–H and O–H groups in total. The lowest BCUT2D eigenvalue weighted by molar-refractivity contribution is 0.363. The molecular weight excluding hydrogens is 281 g/mol. The zero-order valence-corrected chi connectivity index (χ0v) is 12.4. The predicted molar refractivity (Wildman–Crippen MR) is 78.6 cm³/mol. The number of hydrogen-bond donors (Lipinski definition) is 3. The first-order valence-electron chi connectivity index (χ1n) is 5.80. The van der Waals surface area contributed by atoms with E-state index in [4.69, 9.17) is 0 Å². The van der Waals surface area contributed by atoms with Crippen LogP contribution in [0.1, 0.15) is 21.8 Å². The molecular formula is C13H16NO3PS. The molecule has 1 unspecified atom stereocenters. The second-order valence-electron chi connectivity index (χ2n) is 4.47. The molecule has 0 spiro atoms. The van der Waals surface area contributed by atoms with Crippen LogP contribution in [-0.4, -0.2) is 9.79 Å². The van der Waals surface area contributed by atoms with Crippen molar-refractivity contribution in [1.29, 1.82) is 0 Å². The number of thiophene rings is 1. The van der Waals surface area contributed by atoms with Gasteiger partial charge in [-0.1, -0.05) is 17.7 Å². The highest BCUT2D eigenvalue weighted by atomic mass is 32.1. The van der Waals surface area contributed by atoms with Crippen molar-refractivity contribution in [2.45, 2.75) is 19.6 Å². The SMILES string of the molecule is Cc1ccc(NC(c2sccc2C)P(=O)(O)O)cc1. The zero-order valence-electron chi connectivity index (χ0n) is 10.7. The highest BCUT2D eigenvalue weighted by Gasteiger charge is 2.32. The Hall–Kier alpha value is -1.13. The minimum atomic E-state index is -4.27. The summed E-state index contributed by atoms with van der Waals surface area (Å²) < 4.78 is 11.7. The third kappa shape index (κ3) is 3.45. The summed E-state index contributed by atoms with van der Waals surface area (Å²) in [4.78, 5) is 19.8. The second-order valence-corrected chi connectivity index (χ2v) is 7.11. The van der Waals surface area contributed by atoms with Crippen molar-refractivity contribution >= 4 is 24.6 Å². The maximum Gasteiger partial charge on any atom is 0.352 e. The van der Waals surface area contributed by atoms with Crippen LogP contribution in [0.4, 0.5) is 5.69 Å². The first-order chi connectivity index (χ1) is 8.88. The molecule has 0 aliphatic heterocycles. The lowest BCUT2D eigenvalue weighted by atomic mass is 10.2. The zero-order chi connectivity index (χ0) is 14.0. The first kappa shape index (κ1) is 14.3. The van der Waals surface area contributed by atoms with Gasteiger partial charge in [-0.05, 0) is 43.0 Å². The number of nitrogens with one attached hydrogen (secondary N) is 1. The van der Waals surface area contributed by atoms with Crippen LogP contribution in [0.25, 0.3) is 0 Å². The number of anilines is 1. The lowest BCUT2D eigenvalue weighted by Crippen LogP contribution is -2.10. The summed E-state index contributed by atoms with van der Waals surface area (Å²) in [5.41, 5.74) is 2.69. The normalized spacial score (nSPS) is 13.3. The van der Waals surface area contributed by atoms with Crippen LogP contribution in [0.5, 0.6) is 0 Å². The molecule has 1 aromatic carbocycles. The summed E-state index contributed by atoms with van der Waals surface area (Å²) >= 11 is 1.35. The van der Waals surface area contributed by atoms with Gasteiger partial charge in [-0.15, -0.1) is 11.3 Å². The van der Waals surface area contributed by atoms with Crippen molar-refractivity contribution in [3.63, 3.8) is 0 Å². The fourth-order valence-electron chi connectivity index (χ4n) is 1.77. The molecule has 0 saturated heterocycles. The summed E-state index contributed by atoms with van der Waals surface area (Å²) in [6, 6.07) is 9.31. The molecule has 1 heterocycles. The Morgan fingerprint density at radius 2 is 1.79 bits per heavy atom. The minimum Gasteiger partial charge on any atom is -0.367 e. The van der Waals surface area contributed by atoms with E-state index in [1.807, 2.05) is 49.6 Å². The van der Waals surface area contributed by atoms with Crippen LogP contribution < -0.4 is 5.32 Å². The van der Waals surface area contributed by atoms with Gasteiger partial charge in [0.2, 0.25) is 0 Å². The standard InChI is InChI=1S/C13H16NO3PS/c1-9-3-5-11(6-4-9)14-13(18(15,16)17)12-10(2)7-8-19-12/h3-8,13-14H,1-2H3,(H2,15,16,17). The van der Waals surface area contributed by atoms with Gasteiger partial charge in [-0.25, -0.2) is 0 Å². The van der Waals surface area contributed by atoms with Crippen LogP contribution in [0.3, 0.4) is 0 Å². The molecule has 102 valence electrons. The van der Waals surface area contributed by atoms with E-state index in [0.29, 0.717) is 10.6 Å². The molecule has 0 aliphatic rings. The average Bonchev–Trinajstić information content (AvgIpc) is 2.73. The maximum atomic E-state index is 11.7. The molecule has 0 amide bonds. The van der Waals surface area contributed by atoms with Gasteiger partial charge in [-0.2, -0.15) is 0 Å². The van der Waals surface area contributed by atoms with Gasteiger partial charge in [0.25, 0.3) is 0 Å². The Morgan fingerprint density at radius 3 is 2.26 bits per heavy atom. The second kappa shape index (κ2) is 5.47. The molecule has 19 heavy (non-hydrogen) atoms. The van der Waals surface area contributed by atoms with Gasteiger partial charge in [0.15, 0.2) is 5.78 Å². The Bertz CT molecular complexity index is 603. The van der Waals surface area contributed by atoms with Crippen molar-refractivity contribution in [3.8, 4) is 0 Å². The molecule has 0 saturated carbocycles. The average molecular weight is 297 g/mol. The summed E-state index contributed by atoms with van der Waals surface area (Å²) in [7, 11) is -4.27. The van der Waals surface area contributed by atoms with E-state index in [9.17, 15) is 14.4 Å². The van der Waals surface area contributed by atoms with E-state index in [2.05, 4.69) is 5.32 Å². The number of hydrogen-bond acceptors (Lipinski definition) is 3. The summed E-state index contributed by atoms with van der Waals surface area (Å²) in [5, 5.41) is 4.77. The first-order valence-corrected chi connectivity index (χ1v) is 8.36. The number of rotatable bonds is 4. The number of benzene rings is 1. The highest BCUT2D eigenvalue weighted by molar-refractivity contribution is 7.52. The third-order valence-electron chi connectivity index (χ3n) is 2.84. The largest absolute Gasteiger partial charge is 0.367 e. The molecule has 0 fully saturated rings. The van der Waals surface area contributed by atoms with Gasteiger partial charge in [0.1, 0.15) is 0 Å². The van der Waals surface area contributed by atoms with Crippen LogP contribution >= 0.6 is 18.9 Å². The summed E-state index contributed by atoms with van der Waals surface area (Å²) in [5.74, 6) is -0.991. The minimum absolute atomic E-state index is 0.675. The van der Waals surface area contributed by atoms with Gasteiger partial charge in [0.05, 0.1) is 0 Å². The lowest BCUT2D eigenvalue weighted by Gasteiger charge is -2.21. The summed E-state index contributed by atoms with van der Waals surface area (Å²) in [6.45, 7) is 3.82. The Balaban J connectivity index is 2.33. The highest BCUT2D eigenvalue weighted by Crippen LogP contribution is 2.53. The van der Waals surface area contributed by atoms with Crippen molar-refractivity contribution in [1.82, 2.24) is 0 Å². The molecule has 0 bridgehead atoms. The van der Waals surface area contributed by atoms with Crippen LogP contribution in [0.2, 0.25) is 0 Å². The van der Waals surface area contributed by atoms with E-state index in [1.54, 1.807) is 0 Å². The predicted octanol–water partition coefficient (Wildman–Crippen LogP) is 3.65. The summed E-state index contributed by atoms with van der Waals surface area (Å²) in [6.07, 6.45) is 0. The molecule has 2 aromatic rings. The van der Waals surface area contributed by atoms with Crippen molar-refractivity contribution < 1.29 is 14.4 Å². The molecule has 0 radical (unpaired) electrons. The fraction of sp³-hybridized carbons (Fsp3) is 0.231. The van der Waals surface area contributed by atoms with Crippen LogP contribution in [0.15, 0.2) is 35.7 Å². The van der Waals surface area contributed by atoms with E-state index < -0.39 is 13.4 Å². The van der Waals surface area contributed by atoms with E-state index >= 15 is 0 Å². The smallest absolute Gasteiger partial charge is 0.352 e.